The van der Waals surface area contributed by atoms with Crippen molar-refractivity contribution in [2.24, 2.45) is 0 Å². The molecule has 0 unspecified atom stereocenters. The Labute approximate surface area is 203 Å². The smallest absolute Gasteiger partial charge is 0.146 e. The van der Waals surface area contributed by atoms with E-state index >= 15 is 0 Å². The third-order valence-electron chi connectivity index (χ3n) is 6.40. The molecule has 0 aliphatic heterocycles. The fourth-order valence-electron chi connectivity index (χ4n) is 4.32. The van der Waals surface area contributed by atoms with E-state index in [1.165, 1.54) is 41.5 Å². The van der Waals surface area contributed by atoms with E-state index in [4.69, 9.17) is 0 Å². The number of rotatable bonds is 8. The summed E-state index contributed by atoms with van der Waals surface area (Å²) in [5.41, 5.74) is 6.69. The van der Waals surface area contributed by atoms with Gasteiger partial charge in [-0.2, -0.15) is 0 Å². The van der Waals surface area contributed by atoms with Gasteiger partial charge in [-0.1, -0.05) is 99.2 Å². The van der Waals surface area contributed by atoms with E-state index in [9.17, 15) is 4.39 Å². The highest BCUT2D eigenvalue weighted by molar-refractivity contribution is 5.85. The summed E-state index contributed by atoms with van der Waals surface area (Å²) in [7, 11) is 0. The maximum Gasteiger partial charge on any atom is 0.146 e. The molecule has 172 valence electrons. The zero-order valence-electron chi connectivity index (χ0n) is 20.3. The van der Waals surface area contributed by atoms with Crippen LogP contribution in [0.4, 0.5) is 4.39 Å². The van der Waals surface area contributed by atoms with Gasteiger partial charge in [0.25, 0.3) is 0 Å². The van der Waals surface area contributed by atoms with Crippen molar-refractivity contribution in [3.63, 3.8) is 0 Å². The number of halogens is 1. The summed E-state index contributed by atoms with van der Waals surface area (Å²) in [6.07, 6.45) is 7.79. The summed E-state index contributed by atoms with van der Waals surface area (Å²) in [5.74, 6) is 5.93. The second-order valence-corrected chi connectivity index (χ2v) is 9.10. The van der Waals surface area contributed by atoms with Crippen molar-refractivity contribution >= 4 is 10.8 Å². The molecule has 4 rings (SSSR count). The van der Waals surface area contributed by atoms with E-state index in [1.807, 2.05) is 30.3 Å². The standard InChI is InChI=1S/C33H33F/c1-3-5-7-25-8-10-26(11-9-25)12-13-27-14-16-28(17-15-27)18-20-30-21-22-31-24-29(6-4-2)19-23-32(31)33(30)34/h8-11,14-17,19,21-24H,3-7,12-13H2,1-2H3. The predicted octanol–water partition coefficient (Wildman–Crippen LogP) is 8.46. The van der Waals surface area contributed by atoms with E-state index in [-0.39, 0.29) is 5.82 Å². The lowest BCUT2D eigenvalue weighted by atomic mass is 10.0. The third-order valence-corrected chi connectivity index (χ3v) is 6.40. The van der Waals surface area contributed by atoms with Crippen molar-refractivity contribution < 1.29 is 4.39 Å². The van der Waals surface area contributed by atoms with Crippen LogP contribution < -0.4 is 0 Å². The van der Waals surface area contributed by atoms with Gasteiger partial charge in [0, 0.05) is 10.9 Å². The third kappa shape index (κ3) is 6.15. The molecular weight excluding hydrogens is 415 g/mol. The van der Waals surface area contributed by atoms with Crippen molar-refractivity contribution in [2.75, 3.05) is 0 Å². The lowest BCUT2D eigenvalue weighted by Crippen LogP contribution is -1.93. The molecule has 0 N–H and O–H groups in total. The molecule has 34 heavy (non-hydrogen) atoms. The van der Waals surface area contributed by atoms with E-state index in [2.05, 4.69) is 68.2 Å². The van der Waals surface area contributed by atoms with Gasteiger partial charge in [0.1, 0.15) is 5.82 Å². The van der Waals surface area contributed by atoms with Crippen LogP contribution in [-0.4, -0.2) is 0 Å². The van der Waals surface area contributed by atoms with Crippen LogP contribution in [0, 0.1) is 17.7 Å². The van der Waals surface area contributed by atoms with Gasteiger partial charge in [0.15, 0.2) is 0 Å². The predicted molar refractivity (Wildman–Crippen MR) is 143 cm³/mol. The summed E-state index contributed by atoms with van der Waals surface area (Å²) in [6, 6.07) is 27.1. The first-order chi connectivity index (χ1) is 16.7. The number of hydrogen-bond acceptors (Lipinski definition) is 0. The Hall–Kier alpha value is -3.37. The molecule has 0 nitrogen and oxygen atoms in total. The second-order valence-electron chi connectivity index (χ2n) is 9.10. The Morgan fingerprint density at radius 1 is 0.588 bits per heavy atom. The molecule has 4 aromatic rings. The van der Waals surface area contributed by atoms with Gasteiger partial charge in [-0.15, -0.1) is 0 Å². The zero-order valence-corrected chi connectivity index (χ0v) is 20.3. The van der Waals surface area contributed by atoms with Crippen LogP contribution in [0.3, 0.4) is 0 Å². The molecule has 0 aliphatic rings. The van der Waals surface area contributed by atoms with Crippen molar-refractivity contribution in [3.8, 4) is 11.8 Å². The summed E-state index contributed by atoms with van der Waals surface area (Å²) in [5, 5.41) is 1.58. The average Bonchev–Trinajstić information content (AvgIpc) is 2.87. The summed E-state index contributed by atoms with van der Waals surface area (Å²) >= 11 is 0. The zero-order chi connectivity index (χ0) is 23.8. The van der Waals surface area contributed by atoms with Gasteiger partial charge in [-0.3, -0.25) is 0 Å². The molecule has 4 aromatic carbocycles. The molecule has 0 radical (unpaired) electrons. The molecule has 0 heterocycles. The molecule has 1 heteroatoms. The lowest BCUT2D eigenvalue weighted by Gasteiger charge is -2.05. The highest BCUT2D eigenvalue weighted by Crippen LogP contribution is 2.23. The quantitative estimate of drug-likeness (QED) is 0.237. The van der Waals surface area contributed by atoms with Crippen LogP contribution in [0.1, 0.15) is 66.5 Å². The maximum atomic E-state index is 15.0. The molecular formula is C33H33F. The van der Waals surface area contributed by atoms with Crippen molar-refractivity contribution in [3.05, 3.63) is 118 Å². The summed E-state index contributed by atoms with van der Waals surface area (Å²) in [4.78, 5) is 0. The van der Waals surface area contributed by atoms with Gasteiger partial charge in [-0.25, -0.2) is 4.39 Å². The van der Waals surface area contributed by atoms with E-state index in [0.29, 0.717) is 10.9 Å². The van der Waals surface area contributed by atoms with Gasteiger partial charge >= 0.3 is 0 Å². The summed E-state index contributed by atoms with van der Waals surface area (Å²) in [6.45, 7) is 4.39. The van der Waals surface area contributed by atoms with E-state index in [1.54, 1.807) is 6.07 Å². The molecule has 0 amide bonds. The Balaban J connectivity index is 1.39. The van der Waals surface area contributed by atoms with Crippen LogP contribution in [-0.2, 0) is 25.7 Å². The Morgan fingerprint density at radius 2 is 1.21 bits per heavy atom. The Kier molecular flexibility index (Phi) is 8.16. The van der Waals surface area contributed by atoms with Gasteiger partial charge < -0.3 is 0 Å². The Bertz CT molecular complexity index is 1280. The normalized spacial score (nSPS) is 10.8. The molecule has 0 aliphatic carbocycles. The van der Waals surface area contributed by atoms with E-state index < -0.39 is 0 Å². The van der Waals surface area contributed by atoms with E-state index in [0.717, 1.165) is 36.6 Å². The van der Waals surface area contributed by atoms with Gasteiger partial charge in [0.2, 0.25) is 0 Å². The molecule has 0 fully saturated rings. The average molecular weight is 449 g/mol. The molecule has 0 saturated carbocycles. The minimum Gasteiger partial charge on any atom is -0.205 e. The highest BCUT2D eigenvalue weighted by Gasteiger charge is 2.06. The fraction of sp³-hybridized carbons (Fsp3) is 0.273. The van der Waals surface area contributed by atoms with Crippen LogP contribution in [0.5, 0.6) is 0 Å². The molecule has 0 aromatic heterocycles. The number of benzene rings is 4. The SMILES string of the molecule is CCCCc1ccc(CCc2ccc(C#Cc3ccc4cc(CCC)ccc4c3F)cc2)cc1. The van der Waals surface area contributed by atoms with Gasteiger partial charge in [0.05, 0.1) is 5.56 Å². The minimum atomic E-state index is -0.231. The number of aryl methyl sites for hydroxylation is 4. The maximum absolute atomic E-state index is 15.0. The topological polar surface area (TPSA) is 0 Å². The first-order valence-corrected chi connectivity index (χ1v) is 12.6. The lowest BCUT2D eigenvalue weighted by molar-refractivity contribution is 0.636. The van der Waals surface area contributed by atoms with Crippen LogP contribution >= 0.6 is 0 Å². The largest absolute Gasteiger partial charge is 0.205 e. The minimum absolute atomic E-state index is 0.231. The first kappa shape index (κ1) is 23.8. The highest BCUT2D eigenvalue weighted by atomic mass is 19.1. The second kappa shape index (κ2) is 11.7. The van der Waals surface area contributed by atoms with Crippen molar-refractivity contribution in [1.29, 1.82) is 0 Å². The number of fused-ring (bicyclic) bond motifs is 1. The first-order valence-electron chi connectivity index (χ1n) is 12.6. The van der Waals surface area contributed by atoms with Gasteiger partial charge in [-0.05, 0) is 77.9 Å². The fourth-order valence-corrected chi connectivity index (χ4v) is 4.32. The summed E-state index contributed by atoms with van der Waals surface area (Å²) < 4.78 is 15.0. The number of unbranched alkanes of at least 4 members (excludes halogenated alkanes) is 1. The van der Waals surface area contributed by atoms with Crippen molar-refractivity contribution in [1.82, 2.24) is 0 Å². The van der Waals surface area contributed by atoms with Crippen LogP contribution in [0.15, 0.2) is 78.9 Å². The monoisotopic (exact) mass is 448 g/mol. The van der Waals surface area contributed by atoms with Crippen LogP contribution in [0.25, 0.3) is 10.8 Å². The molecule has 0 saturated heterocycles. The Morgan fingerprint density at radius 3 is 1.85 bits per heavy atom. The van der Waals surface area contributed by atoms with Crippen molar-refractivity contribution in [2.45, 2.75) is 58.8 Å². The molecule has 0 atom stereocenters. The molecule has 0 bridgehead atoms. The van der Waals surface area contributed by atoms with Crippen LogP contribution in [0.2, 0.25) is 0 Å². The number of hydrogen-bond donors (Lipinski definition) is 0. The molecule has 0 spiro atoms.